The highest BCUT2D eigenvalue weighted by Crippen LogP contribution is 2.45. The van der Waals surface area contributed by atoms with Crippen molar-refractivity contribution in [2.75, 3.05) is 0 Å². The van der Waals surface area contributed by atoms with Gasteiger partial charge in [-0.25, -0.2) is 0 Å². The topological polar surface area (TPSA) is 0 Å². The van der Waals surface area contributed by atoms with Crippen molar-refractivity contribution in [2.24, 2.45) is 11.8 Å². The number of hydrogen-bond acceptors (Lipinski definition) is 0. The Morgan fingerprint density at radius 2 is 0.771 bits per heavy atom. The lowest BCUT2D eigenvalue weighted by Gasteiger charge is -2.26. The normalized spacial score (nSPS) is 21.5. The zero-order valence-electron chi connectivity index (χ0n) is 28.1. The molecule has 4 aliphatic rings. The molecule has 0 bridgehead atoms. The molecule has 4 aliphatic carbocycles. The van der Waals surface area contributed by atoms with Gasteiger partial charge >= 0.3 is 0 Å². The first-order valence-electron chi connectivity index (χ1n) is 18.0. The van der Waals surface area contributed by atoms with Crippen molar-refractivity contribution in [1.82, 2.24) is 0 Å². The summed E-state index contributed by atoms with van der Waals surface area (Å²) in [7, 11) is 0. The lowest BCUT2D eigenvalue weighted by molar-refractivity contribution is 0.402. The minimum Gasteiger partial charge on any atom is -0.103 e. The number of allylic oxidation sites excluding steroid dienone is 6. The SMILES string of the molecule is C=CCCC(CC1C=Cc2ccccc21)C1C=Cc2ccccc21.C=CCCC(CC1C=Cc2ccccc21)C1C=Cc2ccccc21. The zero-order valence-corrected chi connectivity index (χ0v) is 28.1. The Kier molecular flexibility index (Phi) is 9.99. The van der Waals surface area contributed by atoms with Crippen LogP contribution in [0.4, 0.5) is 0 Å². The number of fused-ring (bicyclic) bond motifs is 4. The summed E-state index contributed by atoms with van der Waals surface area (Å²) in [6, 6.07) is 35.4. The van der Waals surface area contributed by atoms with Gasteiger partial charge in [0, 0.05) is 23.7 Å². The molecule has 0 radical (unpaired) electrons. The highest BCUT2D eigenvalue weighted by molar-refractivity contribution is 5.65. The van der Waals surface area contributed by atoms with Crippen molar-refractivity contribution in [2.45, 2.75) is 62.2 Å². The van der Waals surface area contributed by atoms with Crippen LogP contribution in [-0.4, -0.2) is 0 Å². The van der Waals surface area contributed by atoms with Gasteiger partial charge in [-0.15, -0.1) is 13.2 Å². The van der Waals surface area contributed by atoms with E-state index in [4.69, 9.17) is 0 Å². The van der Waals surface area contributed by atoms with Gasteiger partial charge in [0.25, 0.3) is 0 Å². The quantitative estimate of drug-likeness (QED) is 0.138. The van der Waals surface area contributed by atoms with Gasteiger partial charge in [-0.1, -0.05) is 158 Å². The van der Waals surface area contributed by atoms with Gasteiger partial charge in [0.15, 0.2) is 0 Å². The van der Waals surface area contributed by atoms with E-state index in [1.54, 1.807) is 0 Å². The lowest BCUT2D eigenvalue weighted by atomic mass is 9.78. The number of benzene rings is 4. The maximum absolute atomic E-state index is 3.94. The molecule has 0 spiro atoms. The molecule has 0 amide bonds. The lowest BCUT2D eigenvalue weighted by Crippen LogP contribution is -2.13. The summed E-state index contributed by atoms with van der Waals surface area (Å²) in [5.74, 6) is 3.51. The molecule has 0 heterocycles. The molecule has 0 fully saturated rings. The molecule has 4 aromatic carbocycles. The third-order valence-corrected chi connectivity index (χ3v) is 11.1. The van der Waals surface area contributed by atoms with Crippen LogP contribution in [0.5, 0.6) is 0 Å². The van der Waals surface area contributed by atoms with Crippen LogP contribution in [0.2, 0.25) is 0 Å². The summed E-state index contributed by atoms with van der Waals surface area (Å²) in [6.07, 6.45) is 30.0. The van der Waals surface area contributed by atoms with Gasteiger partial charge in [0.05, 0.1) is 0 Å². The van der Waals surface area contributed by atoms with Crippen LogP contribution >= 0.6 is 0 Å². The average Bonchev–Trinajstić information content (AvgIpc) is 3.94. The first-order valence-corrected chi connectivity index (χ1v) is 18.0. The van der Waals surface area contributed by atoms with Crippen molar-refractivity contribution < 1.29 is 0 Å². The van der Waals surface area contributed by atoms with Crippen LogP contribution in [0, 0.1) is 11.8 Å². The van der Waals surface area contributed by atoms with Gasteiger partial charge < -0.3 is 0 Å². The Balaban J connectivity index is 0.000000152. The summed E-state index contributed by atoms with van der Waals surface area (Å²) in [6.45, 7) is 7.88. The molecule has 0 aromatic heterocycles. The number of hydrogen-bond donors (Lipinski definition) is 0. The third-order valence-electron chi connectivity index (χ3n) is 11.1. The molecule has 6 atom stereocenters. The Morgan fingerprint density at radius 1 is 0.438 bits per heavy atom. The summed E-state index contributed by atoms with van der Waals surface area (Å²) < 4.78 is 0. The highest BCUT2D eigenvalue weighted by atomic mass is 14.3. The van der Waals surface area contributed by atoms with E-state index in [2.05, 4.69) is 171 Å². The van der Waals surface area contributed by atoms with E-state index < -0.39 is 0 Å². The number of rotatable bonds is 12. The van der Waals surface area contributed by atoms with E-state index >= 15 is 0 Å². The van der Waals surface area contributed by atoms with Crippen LogP contribution in [0.25, 0.3) is 24.3 Å². The van der Waals surface area contributed by atoms with E-state index in [1.165, 1.54) is 70.2 Å². The Morgan fingerprint density at radius 3 is 1.17 bits per heavy atom. The van der Waals surface area contributed by atoms with Crippen LogP contribution in [0.3, 0.4) is 0 Å². The molecule has 240 valence electrons. The predicted molar refractivity (Wildman–Crippen MR) is 208 cm³/mol. The highest BCUT2D eigenvalue weighted by Gasteiger charge is 2.30. The fourth-order valence-electron chi connectivity index (χ4n) is 8.64. The first-order chi connectivity index (χ1) is 23.7. The largest absolute Gasteiger partial charge is 0.103 e. The Bertz CT molecular complexity index is 1720. The molecule has 0 nitrogen and oxygen atoms in total. The maximum atomic E-state index is 3.94. The minimum absolute atomic E-state index is 0.544. The van der Waals surface area contributed by atoms with E-state index in [9.17, 15) is 0 Å². The van der Waals surface area contributed by atoms with Crippen LogP contribution < -0.4 is 0 Å². The maximum Gasteiger partial charge on any atom is 0.00559 e. The second-order valence-electron chi connectivity index (χ2n) is 13.9. The Hall–Kier alpha value is -4.68. The summed E-state index contributed by atoms with van der Waals surface area (Å²) in [5, 5.41) is 0. The predicted octanol–water partition coefficient (Wildman–Crippen LogP) is 13.2. The van der Waals surface area contributed by atoms with Crippen molar-refractivity contribution in [3.05, 3.63) is 191 Å². The van der Waals surface area contributed by atoms with Crippen molar-refractivity contribution in [3.63, 3.8) is 0 Å². The van der Waals surface area contributed by atoms with E-state index in [0.29, 0.717) is 35.5 Å². The van der Waals surface area contributed by atoms with Gasteiger partial charge in [-0.3, -0.25) is 0 Å². The second kappa shape index (κ2) is 15.0. The van der Waals surface area contributed by atoms with Crippen molar-refractivity contribution >= 4 is 24.3 Å². The molecule has 0 saturated heterocycles. The molecule has 0 N–H and O–H groups in total. The fraction of sp³-hybridized carbons (Fsp3) is 0.250. The molecule has 6 unspecified atom stereocenters. The molecule has 0 heteroatoms. The van der Waals surface area contributed by atoms with E-state index in [-0.39, 0.29) is 0 Å². The van der Waals surface area contributed by atoms with E-state index in [0.717, 1.165) is 12.8 Å². The molecule has 0 aliphatic heterocycles. The smallest absolute Gasteiger partial charge is 0.00559 e. The average molecular weight is 625 g/mol. The van der Waals surface area contributed by atoms with Gasteiger partial charge in [-0.2, -0.15) is 0 Å². The minimum atomic E-state index is 0.544. The van der Waals surface area contributed by atoms with Crippen molar-refractivity contribution in [3.8, 4) is 0 Å². The first kappa shape index (κ1) is 31.9. The molecule has 4 aromatic rings. The summed E-state index contributed by atoms with van der Waals surface area (Å²) in [5.41, 5.74) is 11.6. The molecule has 8 rings (SSSR count). The molecule has 48 heavy (non-hydrogen) atoms. The second-order valence-corrected chi connectivity index (χ2v) is 13.9. The summed E-state index contributed by atoms with van der Waals surface area (Å²) >= 11 is 0. The third kappa shape index (κ3) is 6.81. The van der Waals surface area contributed by atoms with Crippen LogP contribution in [0.1, 0.15) is 107 Å². The van der Waals surface area contributed by atoms with Crippen LogP contribution in [0.15, 0.2) is 147 Å². The van der Waals surface area contributed by atoms with Gasteiger partial charge in [-0.05, 0) is 94.9 Å². The molecular weight excluding hydrogens is 577 g/mol. The molecule has 0 saturated carbocycles. The van der Waals surface area contributed by atoms with Gasteiger partial charge in [0.2, 0.25) is 0 Å². The standard InChI is InChI=1S/2C24H24/c2*1-2-3-8-20(24-16-15-19-10-5-7-12-23(19)24)17-21-14-13-18-9-4-6-11-22(18)21/h2*2,4-7,9-16,20-21,24H,1,3,8,17H2. The Labute approximate surface area is 288 Å². The van der Waals surface area contributed by atoms with Crippen molar-refractivity contribution in [1.29, 1.82) is 0 Å². The van der Waals surface area contributed by atoms with E-state index in [1.807, 2.05) is 0 Å². The monoisotopic (exact) mass is 624 g/mol. The summed E-state index contributed by atoms with van der Waals surface area (Å²) in [4.78, 5) is 0. The van der Waals surface area contributed by atoms with Gasteiger partial charge in [0.1, 0.15) is 0 Å². The zero-order chi connectivity index (χ0) is 32.7. The van der Waals surface area contributed by atoms with Crippen LogP contribution in [-0.2, 0) is 0 Å². The fourth-order valence-corrected chi connectivity index (χ4v) is 8.64. The molecular formula is C48H48.